The van der Waals surface area contributed by atoms with E-state index < -0.39 is 27.3 Å². The van der Waals surface area contributed by atoms with E-state index in [1.165, 1.54) is 14.8 Å². The van der Waals surface area contributed by atoms with Crippen LogP contribution in [0.3, 0.4) is 0 Å². The number of fused-ring (bicyclic) bond motifs is 1. The van der Waals surface area contributed by atoms with Gasteiger partial charge in [0.15, 0.2) is 11.6 Å². The van der Waals surface area contributed by atoms with Crippen molar-refractivity contribution in [2.45, 2.75) is 32.6 Å². The lowest BCUT2D eigenvalue weighted by atomic mass is 9.81. The highest BCUT2D eigenvalue weighted by Crippen LogP contribution is 2.38. The molecule has 0 unspecified atom stereocenters. The summed E-state index contributed by atoms with van der Waals surface area (Å²) in [4.78, 5) is 21.5. The van der Waals surface area contributed by atoms with E-state index in [-0.39, 0.29) is 43.2 Å². The number of carbonyl (C=O) groups excluding carboxylic acids is 1. The molecule has 3 fully saturated rings. The lowest BCUT2D eigenvalue weighted by molar-refractivity contribution is 0.0695. The van der Waals surface area contributed by atoms with Gasteiger partial charge in [-0.05, 0) is 38.7 Å². The number of piperidine rings is 1. The Balaban J connectivity index is 1.43. The predicted molar refractivity (Wildman–Crippen MR) is 134 cm³/mol. The molecule has 1 aromatic heterocycles. The number of amides is 1. The fourth-order valence-electron chi connectivity index (χ4n) is 5.38. The van der Waals surface area contributed by atoms with Gasteiger partial charge in [0.25, 0.3) is 16.1 Å². The third-order valence-corrected chi connectivity index (χ3v) is 9.84. The second-order valence-electron chi connectivity index (χ2n) is 10.3. The number of nitrogens with zero attached hydrogens (tertiary/aromatic N) is 6. The molecular weight excluding hydrogens is 502 g/mol. The number of anilines is 1. The van der Waals surface area contributed by atoms with Crippen LogP contribution in [0.15, 0.2) is 18.3 Å². The average molecular weight is 533 g/mol. The summed E-state index contributed by atoms with van der Waals surface area (Å²) >= 11 is 0. The Labute approximate surface area is 215 Å². The SMILES string of the molecule is CC1(C#N)CCN(c2c(C(=O)N3CCN(S(=O)(=O)N4CCCC4)CC3)cnc3cc(F)c(F)cc23)CC1. The third kappa shape index (κ3) is 4.76. The van der Waals surface area contributed by atoms with E-state index in [2.05, 4.69) is 11.1 Å². The minimum absolute atomic E-state index is 0.186. The summed E-state index contributed by atoms with van der Waals surface area (Å²) in [5, 5.41) is 9.86. The molecule has 0 bridgehead atoms. The van der Waals surface area contributed by atoms with Crippen LogP contribution in [0.5, 0.6) is 0 Å². The number of piperazine rings is 1. The van der Waals surface area contributed by atoms with Gasteiger partial charge in [0.2, 0.25) is 0 Å². The van der Waals surface area contributed by atoms with E-state index in [0.717, 1.165) is 25.0 Å². The third-order valence-electron chi connectivity index (χ3n) is 7.81. The molecule has 9 nitrogen and oxygen atoms in total. The largest absolute Gasteiger partial charge is 0.370 e. The van der Waals surface area contributed by atoms with Crippen LogP contribution in [0.25, 0.3) is 10.9 Å². The van der Waals surface area contributed by atoms with Gasteiger partial charge in [-0.2, -0.15) is 22.3 Å². The summed E-state index contributed by atoms with van der Waals surface area (Å²) in [7, 11) is -3.55. The maximum atomic E-state index is 14.3. The zero-order valence-corrected chi connectivity index (χ0v) is 21.6. The van der Waals surface area contributed by atoms with Gasteiger partial charge in [0, 0.05) is 70.0 Å². The Hall–Kier alpha value is -2.88. The number of halogens is 2. The summed E-state index contributed by atoms with van der Waals surface area (Å²) in [6.45, 7) is 4.69. The second-order valence-corrected chi connectivity index (χ2v) is 12.2. The molecule has 4 heterocycles. The monoisotopic (exact) mass is 532 g/mol. The van der Waals surface area contributed by atoms with Crippen LogP contribution < -0.4 is 4.90 Å². The predicted octanol–water partition coefficient (Wildman–Crippen LogP) is 2.74. The fraction of sp³-hybridized carbons (Fsp3) is 0.560. The van der Waals surface area contributed by atoms with Gasteiger partial charge in [0.05, 0.1) is 28.3 Å². The maximum Gasteiger partial charge on any atom is 0.282 e. The fourth-order valence-corrected chi connectivity index (χ4v) is 7.05. The molecule has 12 heteroatoms. The number of aromatic nitrogens is 1. The van der Waals surface area contributed by atoms with Crippen LogP contribution in [-0.2, 0) is 10.2 Å². The summed E-state index contributed by atoms with van der Waals surface area (Å²) in [6, 6.07) is 4.44. The number of hydrogen-bond donors (Lipinski definition) is 0. The minimum atomic E-state index is -3.55. The molecule has 3 saturated heterocycles. The zero-order chi connectivity index (χ0) is 26.4. The Morgan fingerprint density at radius 3 is 2.19 bits per heavy atom. The van der Waals surface area contributed by atoms with Crippen molar-refractivity contribution in [2.75, 3.05) is 57.3 Å². The van der Waals surface area contributed by atoms with Crippen LogP contribution in [0, 0.1) is 28.4 Å². The molecule has 0 radical (unpaired) electrons. The maximum absolute atomic E-state index is 14.3. The van der Waals surface area contributed by atoms with Gasteiger partial charge >= 0.3 is 0 Å². The highest BCUT2D eigenvalue weighted by Gasteiger charge is 2.37. The number of hydrogen-bond acceptors (Lipinski definition) is 6. The van der Waals surface area contributed by atoms with E-state index in [0.29, 0.717) is 50.1 Å². The van der Waals surface area contributed by atoms with Crippen molar-refractivity contribution in [3.05, 3.63) is 35.5 Å². The molecular formula is C25H30F2N6O3S. The Bertz CT molecular complexity index is 1360. The van der Waals surface area contributed by atoms with Crippen LogP contribution in [-0.4, -0.2) is 85.2 Å². The first kappa shape index (κ1) is 25.8. The Kier molecular flexibility index (Phi) is 6.81. The summed E-state index contributed by atoms with van der Waals surface area (Å²) in [5.74, 6) is -2.38. The van der Waals surface area contributed by atoms with Crippen molar-refractivity contribution in [1.82, 2.24) is 18.5 Å². The van der Waals surface area contributed by atoms with Gasteiger partial charge in [-0.3, -0.25) is 9.78 Å². The average Bonchev–Trinajstić information content (AvgIpc) is 3.45. The van der Waals surface area contributed by atoms with Gasteiger partial charge < -0.3 is 9.80 Å². The number of rotatable bonds is 4. The molecule has 198 valence electrons. The van der Waals surface area contributed by atoms with Gasteiger partial charge in [-0.15, -0.1) is 0 Å². The Morgan fingerprint density at radius 2 is 1.57 bits per heavy atom. The summed E-state index contributed by atoms with van der Waals surface area (Å²) in [6.07, 6.45) is 4.23. The number of benzene rings is 1. The first-order valence-electron chi connectivity index (χ1n) is 12.6. The molecule has 1 aromatic carbocycles. The minimum Gasteiger partial charge on any atom is -0.370 e. The van der Waals surface area contributed by atoms with E-state index in [1.54, 1.807) is 4.90 Å². The van der Waals surface area contributed by atoms with Crippen LogP contribution >= 0.6 is 0 Å². The molecule has 2 aromatic rings. The van der Waals surface area contributed by atoms with E-state index in [1.807, 2.05) is 11.8 Å². The van der Waals surface area contributed by atoms with Crippen molar-refractivity contribution in [2.24, 2.45) is 5.41 Å². The van der Waals surface area contributed by atoms with Crippen molar-refractivity contribution in [1.29, 1.82) is 5.26 Å². The summed E-state index contributed by atoms with van der Waals surface area (Å²) < 4.78 is 57.0. The summed E-state index contributed by atoms with van der Waals surface area (Å²) in [5.41, 5.74) is 0.481. The Morgan fingerprint density at radius 1 is 0.973 bits per heavy atom. The number of nitriles is 1. The highest BCUT2D eigenvalue weighted by atomic mass is 32.2. The number of pyridine rings is 1. The molecule has 0 atom stereocenters. The van der Waals surface area contributed by atoms with Crippen molar-refractivity contribution in [3.8, 4) is 6.07 Å². The molecule has 37 heavy (non-hydrogen) atoms. The normalized spacial score (nSPS) is 21.4. The van der Waals surface area contributed by atoms with E-state index >= 15 is 0 Å². The molecule has 0 saturated carbocycles. The quantitative estimate of drug-likeness (QED) is 0.600. The lowest BCUT2D eigenvalue weighted by Crippen LogP contribution is -2.54. The van der Waals surface area contributed by atoms with Crippen LogP contribution in [0.1, 0.15) is 43.0 Å². The van der Waals surface area contributed by atoms with Crippen molar-refractivity contribution >= 4 is 32.7 Å². The standard InChI is InChI=1S/C25H30F2N6O3S/c1-25(17-28)4-8-30(9-5-25)23-18-14-20(26)21(27)15-22(18)29-16-19(23)24(34)31-10-12-33(13-11-31)37(35,36)32-6-2-3-7-32/h14-16H,2-13H2,1H3. The van der Waals surface area contributed by atoms with Crippen molar-refractivity contribution in [3.63, 3.8) is 0 Å². The van der Waals surface area contributed by atoms with Gasteiger partial charge in [-0.25, -0.2) is 8.78 Å². The molecule has 0 N–H and O–H groups in total. The second kappa shape index (κ2) is 9.78. The topological polar surface area (TPSA) is 101 Å². The molecule has 3 aliphatic heterocycles. The first-order valence-corrected chi connectivity index (χ1v) is 14.0. The molecule has 3 aliphatic rings. The first-order chi connectivity index (χ1) is 17.6. The zero-order valence-electron chi connectivity index (χ0n) is 20.8. The molecule has 5 rings (SSSR count). The number of carbonyl (C=O) groups is 1. The van der Waals surface area contributed by atoms with Crippen LogP contribution in [0.2, 0.25) is 0 Å². The smallest absolute Gasteiger partial charge is 0.282 e. The van der Waals surface area contributed by atoms with E-state index in [4.69, 9.17) is 0 Å². The van der Waals surface area contributed by atoms with Gasteiger partial charge in [0.1, 0.15) is 0 Å². The molecule has 1 amide bonds. The molecule has 0 aliphatic carbocycles. The van der Waals surface area contributed by atoms with Crippen molar-refractivity contribution < 1.29 is 22.0 Å². The highest BCUT2D eigenvalue weighted by molar-refractivity contribution is 7.86. The lowest BCUT2D eigenvalue weighted by Gasteiger charge is -2.39. The molecule has 0 spiro atoms. The van der Waals surface area contributed by atoms with Crippen LogP contribution in [0.4, 0.5) is 14.5 Å². The van der Waals surface area contributed by atoms with Gasteiger partial charge in [-0.1, -0.05) is 0 Å². The van der Waals surface area contributed by atoms with E-state index in [9.17, 15) is 27.3 Å².